The molecule has 1 aromatic carbocycles. The van der Waals surface area contributed by atoms with E-state index in [9.17, 15) is 4.79 Å². The van der Waals surface area contributed by atoms with Crippen molar-refractivity contribution in [2.45, 2.75) is 19.8 Å². The topological polar surface area (TPSA) is 94.5 Å². The van der Waals surface area contributed by atoms with E-state index in [1.165, 1.54) is 0 Å². The van der Waals surface area contributed by atoms with Gasteiger partial charge in [0.15, 0.2) is 0 Å². The molecule has 0 atom stereocenters. The number of carbonyl (C=O) groups is 1. The van der Waals surface area contributed by atoms with Crippen molar-refractivity contribution < 1.29 is 4.79 Å². The summed E-state index contributed by atoms with van der Waals surface area (Å²) in [6.07, 6.45) is 0. The second-order valence-electron chi connectivity index (χ2n) is 4.45. The van der Waals surface area contributed by atoms with Crippen molar-refractivity contribution in [2.75, 3.05) is 5.32 Å². The van der Waals surface area contributed by atoms with Crippen LogP contribution in [0.5, 0.6) is 0 Å². The van der Waals surface area contributed by atoms with Gasteiger partial charge in [-0.1, -0.05) is 29.8 Å². The molecule has 20 heavy (non-hydrogen) atoms. The summed E-state index contributed by atoms with van der Waals surface area (Å²) >= 11 is 3.27. The maximum Gasteiger partial charge on any atom is 0.295 e. The minimum atomic E-state index is -0.452. The second-order valence-corrected chi connectivity index (χ2v) is 5.37. The zero-order valence-electron chi connectivity index (χ0n) is 10.9. The Morgan fingerprint density at radius 2 is 2.25 bits per heavy atom. The Morgan fingerprint density at radius 1 is 1.50 bits per heavy atom. The molecule has 1 heterocycles. The van der Waals surface area contributed by atoms with Crippen LogP contribution in [-0.4, -0.2) is 21.1 Å². The van der Waals surface area contributed by atoms with E-state index in [4.69, 9.17) is 5.26 Å². The molecule has 0 aliphatic heterocycles. The number of nitrogens with zero attached hydrogens (tertiary/aromatic N) is 3. The van der Waals surface area contributed by atoms with E-state index in [1.807, 2.05) is 19.9 Å². The highest BCUT2D eigenvalue weighted by Gasteiger charge is 2.15. The lowest BCUT2D eigenvalue weighted by Crippen LogP contribution is -2.14. The summed E-state index contributed by atoms with van der Waals surface area (Å²) in [5.74, 6) is 0.408. The van der Waals surface area contributed by atoms with Crippen LogP contribution < -0.4 is 5.32 Å². The van der Waals surface area contributed by atoms with Crippen LogP contribution in [0, 0.1) is 11.3 Å². The molecule has 0 unspecified atom stereocenters. The predicted molar refractivity (Wildman–Crippen MR) is 77.3 cm³/mol. The zero-order chi connectivity index (χ0) is 14.7. The maximum atomic E-state index is 12.0. The molecule has 102 valence electrons. The third kappa shape index (κ3) is 3.03. The van der Waals surface area contributed by atoms with Gasteiger partial charge in [-0.2, -0.15) is 5.26 Å². The molecule has 2 N–H and O–H groups in total. The molecule has 0 saturated heterocycles. The normalized spacial score (nSPS) is 10.3. The summed E-state index contributed by atoms with van der Waals surface area (Å²) in [5, 5.41) is 18.3. The Labute approximate surface area is 124 Å². The first-order valence-corrected chi connectivity index (χ1v) is 6.74. The summed E-state index contributed by atoms with van der Waals surface area (Å²) in [4.78, 5) is 16.1. The number of anilines is 1. The van der Waals surface area contributed by atoms with Crippen molar-refractivity contribution in [1.82, 2.24) is 15.2 Å². The minimum Gasteiger partial charge on any atom is -0.318 e. The van der Waals surface area contributed by atoms with Crippen LogP contribution in [0.25, 0.3) is 0 Å². The number of aromatic nitrogens is 3. The fourth-order valence-electron chi connectivity index (χ4n) is 1.53. The van der Waals surface area contributed by atoms with Gasteiger partial charge in [0.25, 0.3) is 5.91 Å². The average molecular weight is 334 g/mol. The molecule has 7 heteroatoms. The van der Waals surface area contributed by atoms with Gasteiger partial charge >= 0.3 is 0 Å². The molecule has 2 rings (SSSR count). The molecule has 0 bridgehead atoms. The van der Waals surface area contributed by atoms with Crippen molar-refractivity contribution >= 4 is 27.5 Å². The van der Waals surface area contributed by atoms with Crippen molar-refractivity contribution in [3.05, 3.63) is 39.9 Å². The zero-order valence-corrected chi connectivity index (χ0v) is 12.5. The Balaban J connectivity index is 2.21. The second kappa shape index (κ2) is 5.84. The summed E-state index contributed by atoms with van der Waals surface area (Å²) in [6, 6.07) is 7.05. The number of benzene rings is 1. The number of rotatable bonds is 3. The molecule has 0 spiro atoms. The van der Waals surface area contributed by atoms with E-state index in [-0.39, 0.29) is 11.7 Å². The van der Waals surface area contributed by atoms with Crippen molar-refractivity contribution in [1.29, 1.82) is 5.26 Å². The highest BCUT2D eigenvalue weighted by molar-refractivity contribution is 9.10. The fourth-order valence-corrected chi connectivity index (χ4v) is 1.89. The van der Waals surface area contributed by atoms with Gasteiger partial charge in [-0.3, -0.25) is 9.89 Å². The van der Waals surface area contributed by atoms with Crippen LogP contribution >= 0.6 is 15.9 Å². The number of hydrogen-bond acceptors (Lipinski definition) is 4. The largest absolute Gasteiger partial charge is 0.318 e. The lowest BCUT2D eigenvalue weighted by molar-refractivity contribution is 0.101. The Morgan fingerprint density at radius 3 is 2.85 bits per heavy atom. The number of H-pyrrole nitrogens is 1. The Kier molecular flexibility index (Phi) is 4.15. The summed E-state index contributed by atoms with van der Waals surface area (Å²) in [6.45, 7) is 3.90. The van der Waals surface area contributed by atoms with Gasteiger partial charge in [0.2, 0.25) is 5.82 Å². The van der Waals surface area contributed by atoms with Crippen LogP contribution in [0.1, 0.15) is 41.8 Å². The van der Waals surface area contributed by atoms with Crippen LogP contribution in [-0.2, 0) is 0 Å². The molecular formula is C13H12BrN5O. The molecule has 0 fully saturated rings. The van der Waals surface area contributed by atoms with E-state index < -0.39 is 5.91 Å². The lowest BCUT2D eigenvalue weighted by atomic mass is 10.2. The van der Waals surface area contributed by atoms with Gasteiger partial charge in [-0.05, 0) is 18.2 Å². The standard InChI is InChI=1S/C13H12BrN5O/c1-7(2)11-17-12(19-18-11)13(20)16-10-4-3-9(14)5-8(10)6-15/h3-5,7H,1-2H3,(H,16,20)(H,17,18,19). The predicted octanol–water partition coefficient (Wildman–Crippen LogP) is 2.81. The monoisotopic (exact) mass is 333 g/mol. The third-order valence-corrected chi connectivity index (χ3v) is 3.10. The Bertz CT molecular complexity index is 686. The molecular weight excluding hydrogens is 322 g/mol. The summed E-state index contributed by atoms with van der Waals surface area (Å²) < 4.78 is 0.770. The SMILES string of the molecule is CC(C)c1nc(C(=O)Nc2ccc(Br)cc2C#N)n[nH]1. The van der Waals surface area contributed by atoms with Gasteiger partial charge in [-0.25, -0.2) is 4.98 Å². The third-order valence-electron chi connectivity index (χ3n) is 2.60. The Hall–Kier alpha value is -2.20. The highest BCUT2D eigenvalue weighted by Crippen LogP contribution is 2.20. The first kappa shape index (κ1) is 14.2. The van der Waals surface area contributed by atoms with Gasteiger partial charge in [0.05, 0.1) is 11.3 Å². The van der Waals surface area contributed by atoms with E-state index in [1.54, 1.807) is 18.2 Å². The van der Waals surface area contributed by atoms with Crippen LogP contribution in [0.4, 0.5) is 5.69 Å². The van der Waals surface area contributed by atoms with Crippen molar-refractivity contribution in [3.63, 3.8) is 0 Å². The number of nitrogens with one attached hydrogen (secondary N) is 2. The van der Waals surface area contributed by atoms with Crippen LogP contribution in [0.15, 0.2) is 22.7 Å². The summed E-state index contributed by atoms with van der Waals surface area (Å²) in [7, 11) is 0. The smallest absolute Gasteiger partial charge is 0.295 e. The van der Waals surface area contributed by atoms with E-state index in [0.717, 1.165) is 4.47 Å². The van der Waals surface area contributed by atoms with Gasteiger partial charge in [-0.15, -0.1) is 5.10 Å². The van der Waals surface area contributed by atoms with E-state index >= 15 is 0 Å². The van der Waals surface area contributed by atoms with E-state index in [0.29, 0.717) is 17.1 Å². The van der Waals surface area contributed by atoms with Crippen molar-refractivity contribution in [2.24, 2.45) is 0 Å². The molecule has 0 saturated carbocycles. The minimum absolute atomic E-state index is 0.0560. The highest BCUT2D eigenvalue weighted by atomic mass is 79.9. The van der Waals surface area contributed by atoms with Gasteiger partial charge < -0.3 is 5.32 Å². The molecule has 0 aliphatic rings. The van der Waals surface area contributed by atoms with Crippen molar-refractivity contribution in [3.8, 4) is 6.07 Å². The summed E-state index contributed by atoms with van der Waals surface area (Å²) in [5.41, 5.74) is 0.795. The molecule has 2 aromatic rings. The first-order valence-electron chi connectivity index (χ1n) is 5.94. The number of carbonyl (C=O) groups excluding carboxylic acids is 1. The quantitative estimate of drug-likeness (QED) is 0.902. The van der Waals surface area contributed by atoms with Gasteiger partial charge in [0.1, 0.15) is 11.9 Å². The molecule has 1 amide bonds. The first-order chi connectivity index (χ1) is 9.51. The van der Waals surface area contributed by atoms with Crippen LogP contribution in [0.3, 0.4) is 0 Å². The number of nitriles is 1. The maximum absolute atomic E-state index is 12.0. The number of hydrogen-bond donors (Lipinski definition) is 2. The molecule has 0 aliphatic carbocycles. The number of halogens is 1. The van der Waals surface area contributed by atoms with Crippen LogP contribution in [0.2, 0.25) is 0 Å². The molecule has 1 aromatic heterocycles. The fraction of sp³-hybridized carbons (Fsp3) is 0.231. The van der Waals surface area contributed by atoms with E-state index in [2.05, 4.69) is 36.4 Å². The average Bonchev–Trinajstić information content (AvgIpc) is 2.90. The molecule has 0 radical (unpaired) electrons. The lowest BCUT2D eigenvalue weighted by Gasteiger charge is -2.05. The van der Waals surface area contributed by atoms with Gasteiger partial charge in [0, 0.05) is 10.4 Å². The number of amides is 1. The molecule has 6 nitrogen and oxygen atoms in total. The number of aromatic amines is 1.